The molecule has 2 N–H and O–H groups in total. The molecule has 0 saturated heterocycles. The van der Waals surface area contributed by atoms with Crippen LogP contribution in [0.1, 0.15) is 44.5 Å². The molecule has 1 aromatic carbocycles. The monoisotopic (exact) mass is 292 g/mol. The van der Waals surface area contributed by atoms with E-state index in [4.69, 9.17) is 4.74 Å². The average molecular weight is 292 g/mol. The molecule has 0 heterocycles. The van der Waals surface area contributed by atoms with E-state index in [0.717, 1.165) is 18.7 Å². The number of nitrogens with one attached hydrogen (secondary N) is 2. The van der Waals surface area contributed by atoms with Gasteiger partial charge in [-0.2, -0.15) is 0 Å². The van der Waals surface area contributed by atoms with Gasteiger partial charge in [-0.15, -0.1) is 0 Å². The Kier molecular flexibility index (Phi) is 7.83. The zero-order chi connectivity index (χ0) is 15.7. The average Bonchev–Trinajstić information content (AvgIpc) is 2.45. The van der Waals surface area contributed by atoms with E-state index in [2.05, 4.69) is 38.3 Å². The van der Waals surface area contributed by atoms with E-state index in [9.17, 15) is 4.79 Å². The Morgan fingerprint density at radius 3 is 2.43 bits per heavy atom. The molecule has 0 bridgehead atoms. The van der Waals surface area contributed by atoms with Crippen molar-refractivity contribution in [3.05, 3.63) is 29.8 Å². The molecular weight excluding hydrogens is 264 g/mol. The van der Waals surface area contributed by atoms with Gasteiger partial charge >= 0.3 is 0 Å². The molecule has 0 aliphatic heterocycles. The van der Waals surface area contributed by atoms with Crippen molar-refractivity contribution in [2.45, 2.75) is 40.2 Å². The third-order valence-electron chi connectivity index (χ3n) is 3.20. The first kappa shape index (κ1) is 17.5. The maximum atomic E-state index is 12.0. The van der Waals surface area contributed by atoms with Crippen LogP contribution in [-0.4, -0.2) is 31.6 Å². The van der Waals surface area contributed by atoms with Crippen LogP contribution in [0.25, 0.3) is 0 Å². The van der Waals surface area contributed by atoms with Crippen LogP contribution in [0.15, 0.2) is 24.3 Å². The first-order chi connectivity index (χ1) is 10.0. The highest BCUT2D eigenvalue weighted by Crippen LogP contribution is 2.13. The lowest BCUT2D eigenvalue weighted by molar-refractivity contribution is 0.0950. The Bertz CT molecular complexity index is 415. The van der Waals surface area contributed by atoms with Crippen LogP contribution in [0.3, 0.4) is 0 Å². The number of rotatable bonds is 9. The van der Waals surface area contributed by atoms with Gasteiger partial charge in [-0.25, -0.2) is 0 Å². The largest absolute Gasteiger partial charge is 0.494 e. The molecule has 0 unspecified atom stereocenters. The zero-order valence-electron chi connectivity index (χ0n) is 13.6. The van der Waals surface area contributed by atoms with Gasteiger partial charge in [0.25, 0.3) is 5.91 Å². The van der Waals surface area contributed by atoms with Crippen LogP contribution in [0, 0.1) is 5.92 Å². The minimum Gasteiger partial charge on any atom is -0.494 e. The number of benzene rings is 1. The Balaban J connectivity index is 2.40. The fraction of sp³-hybridized carbons (Fsp3) is 0.588. The highest BCUT2D eigenvalue weighted by molar-refractivity contribution is 5.94. The molecule has 118 valence electrons. The van der Waals surface area contributed by atoms with Gasteiger partial charge in [0.1, 0.15) is 5.75 Å². The summed E-state index contributed by atoms with van der Waals surface area (Å²) in [5.74, 6) is 1.40. The van der Waals surface area contributed by atoms with Crippen molar-refractivity contribution in [2.24, 2.45) is 5.92 Å². The lowest BCUT2D eigenvalue weighted by Crippen LogP contribution is -2.38. The maximum absolute atomic E-state index is 12.0. The van der Waals surface area contributed by atoms with Gasteiger partial charge in [-0.1, -0.05) is 20.8 Å². The number of hydrogen-bond donors (Lipinski definition) is 2. The van der Waals surface area contributed by atoms with Crippen LogP contribution in [0.2, 0.25) is 0 Å². The summed E-state index contributed by atoms with van der Waals surface area (Å²) in [5.41, 5.74) is 0.662. The molecule has 0 aliphatic rings. The van der Waals surface area contributed by atoms with Crippen LogP contribution in [0.4, 0.5) is 0 Å². The molecule has 0 saturated carbocycles. The topological polar surface area (TPSA) is 50.4 Å². The predicted octanol–water partition coefficient (Wildman–Crippen LogP) is 2.84. The number of ether oxygens (including phenoxy) is 1. The third kappa shape index (κ3) is 7.14. The smallest absolute Gasteiger partial charge is 0.251 e. The number of likely N-dealkylation sites (N-methyl/N-ethyl adjacent to an activating group) is 1. The fourth-order valence-corrected chi connectivity index (χ4v) is 1.88. The molecule has 0 radical (unpaired) electrons. The first-order valence-corrected chi connectivity index (χ1v) is 7.77. The lowest BCUT2D eigenvalue weighted by Gasteiger charge is -2.13. The van der Waals surface area contributed by atoms with Crippen molar-refractivity contribution in [3.8, 4) is 5.75 Å². The van der Waals surface area contributed by atoms with Crippen molar-refractivity contribution >= 4 is 5.91 Å². The van der Waals surface area contributed by atoms with Gasteiger partial charge in [-0.3, -0.25) is 4.79 Å². The quantitative estimate of drug-likeness (QED) is 0.736. The van der Waals surface area contributed by atoms with Crippen molar-refractivity contribution in [1.82, 2.24) is 10.6 Å². The second-order valence-corrected chi connectivity index (χ2v) is 5.72. The molecular formula is C17H28N2O2. The van der Waals surface area contributed by atoms with Crippen molar-refractivity contribution in [1.29, 1.82) is 0 Å². The van der Waals surface area contributed by atoms with Gasteiger partial charge in [-0.05, 0) is 50.1 Å². The second-order valence-electron chi connectivity index (χ2n) is 5.72. The van der Waals surface area contributed by atoms with Crippen molar-refractivity contribution in [3.63, 3.8) is 0 Å². The van der Waals surface area contributed by atoms with Gasteiger partial charge in [0.2, 0.25) is 0 Å². The summed E-state index contributed by atoms with van der Waals surface area (Å²) >= 11 is 0. The van der Waals surface area contributed by atoms with E-state index in [1.54, 1.807) is 12.1 Å². The normalized spacial score (nSPS) is 12.2. The van der Waals surface area contributed by atoms with E-state index >= 15 is 0 Å². The summed E-state index contributed by atoms with van der Waals surface area (Å²) in [6.45, 7) is 10.7. The lowest BCUT2D eigenvalue weighted by atomic mass is 10.1. The van der Waals surface area contributed by atoms with Gasteiger partial charge in [0, 0.05) is 18.2 Å². The minimum absolute atomic E-state index is 0.0477. The summed E-state index contributed by atoms with van der Waals surface area (Å²) < 4.78 is 5.64. The van der Waals surface area contributed by atoms with Crippen LogP contribution < -0.4 is 15.4 Å². The summed E-state index contributed by atoms with van der Waals surface area (Å²) in [7, 11) is 0. The molecule has 4 nitrogen and oxygen atoms in total. The Morgan fingerprint density at radius 1 is 1.19 bits per heavy atom. The van der Waals surface area contributed by atoms with E-state index in [1.165, 1.54) is 0 Å². The molecule has 21 heavy (non-hydrogen) atoms. The van der Waals surface area contributed by atoms with Crippen LogP contribution >= 0.6 is 0 Å². The molecule has 0 spiro atoms. The molecule has 1 amide bonds. The summed E-state index contributed by atoms with van der Waals surface area (Å²) in [4.78, 5) is 12.0. The summed E-state index contributed by atoms with van der Waals surface area (Å²) in [6, 6.07) is 7.58. The number of hydrogen-bond acceptors (Lipinski definition) is 3. The van der Waals surface area contributed by atoms with E-state index in [0.29, 0.717) is 24.6 Å². The molecule has 1 rings (SSSR count). The van der Waals surface area contributed by atoms with Gasteiger partial charge in [0.15, 0.2) is 0 Å². The van der Waals surface area contributed by atoms with Crippen molar-refractivity contribution < 1.29 is 9.53 Å². The minimum atomic E-state index is -0.0477. The summed E-state index contributed by atoms with van der Waals surface area (Å²) in [5, 5.41) is 6.18. The third-order valence-corrected chi connectivity index (χ3v) is 3.20. The fourth-order valence-electron chi connectivity index (χ4n) is 1.88. The van der Waals surface area contributed by atoms with E-state index in [1.807, 2.05) is 12.1 Å². The zero-order valence-corrected chi connectivity index (χ0v) is 13.6. The number of carbonyl (C=O) groups excluding carboxylic acids is 1. The Morgan fingerprint density at radius 2 is 1.86 bits per heavy atom. The Hall–Kier alpha value is -1.55. The molecule has 0 aliphatic carbocycles. The van der Waals surface area contributed by atoms with Crippen LogP contribution in [0.5, 0.6) is 5.75 Å². The predicted molar refractivity (Wildman–Crippen MR) is 86.9 cm³/mol. The first-order valence-electron chi connectivity index (χ1n) is 7.77. The van der Waals surface area contributed by atoms with Crippen molar-refractivity contribution in [2.75, 3.05) is 19.7 Å². The van der Waals surface area contributed by atoms with Crippen LogP contribution in [-0.2, 0) is 0 Å². The number of amides is 1. The molecule has 0 fully saturated rings. The molecule has 1 aromatic rings. The summed E-state index contributed by atoms with van der Waals surface area (Å²) in [6.07, 6.45) is 1.03. The van der Waals surface area contributed by atoms with Gasteiger partial charge in [0.05, 0.1) is 6.61 Å². The molecule has 1 atom stereocenters. The molecule has 0 aromatic heterocycles. The standard InChI is InChI=1S/C17H28N2O2/c1-5-18-14(4)12-19-17(20)15-6-8-16(9-7-15)21-11-10-13(2)3/h6-9,13-14,18H,5,10-12H2,1-4H3,(H,19,20)/t14-/m1/s1. The maximum Gasteiger partial charge on any atom is 0.251 e. The second kappa shape index (κ2) is 9.40. The van der Waals surface area contributed by atoms with E-state index in [-0.39, 0.29) is 11.9 Å². The Labute approximate surface area is 128 Å². The van der Waals surface area contributed by atoms with E-state index < -0.39 is 0 Å². The number of carbonyl (C=O) groups is 1. The SMILES string of the molecule is CCN[C@H](C)CNC(=O)c1ccc(OCCC(C)C)cc1. The highest BCUT2D eigenvalue weighted by atomic mass is 16.5. The molecule has 4 heteroatoms. The highest BCUT2D eigenvalue weighted by Gasteiger charge is 2.07. The van der Waals surface area contributed by atoms with Gasteiger partial charge < -0.3 is 15.4 Å².